The Morgan fingerprint density at radius 2 is 1.89 bits per heavy atom. The fourth-order valence-electron chi connectivity index (χ4n) is 2.45. The molecule has 9 heavy (non-hydrogen) atoms. The molecule has 0 saturated heterocycles. The van der Waals surface area contributed by atoms with Crippen LogP contribution in [-0.2, 0) is 0 Å². The smallest absolute Gasteiger partial charge is 0.0323 e. The van der Waals surface area contributed by atoms with Gasteiger partial charge in [-0.05, 0) is 36.5 Å². The van der Waals surface area contributed by atoms with Crippen molar-refractivity contribution in [3.63, 3.8) is 0 Å². The lowest BCUT2D eigenvalue weighted by Gasteiger charge is -2.22. The number of hydrogen-bond donors (Lipinski definition) is 0. The minimum Gasteiger partial charge on any atom is -0.0649 e. The average molecular weight is 124 g/mol. The van der Waals surface area contributed by atoms with E-state index < -0.39 is 0 Å². The normalized spacial score (nSPS) is 55.3. The van der Waals surface area contributed by atoms with Gasteiger partial charge in [-0.15, -0.1) is 0 Å². The third kappa shape index (κ3) is 0.798. The molecular formula is C9H16. The predicted octanol–water partition coefficient (Wildman–Crippen LogP) is 2.83. The molecule has 2 aliphatic carbocycles. The van der Waals surface area contributed by atoms with Crippen molar-refractivity contribution < 1.29 is 0 Å². The Hall–Kier alpha value is 0. The van der Waals surface area contributed by atoms with Gasteiger partial charge in [-0.1, -0.05) is 20.3 Å². The molecule has 0 aromatic heterocycles. The zero-order chi connectivity index (χ0) is 6.48. The van der Waals surface area contributed by atoms with Crippen molar-refractivity contribution in [1.82, 2.24) is 0 Å². The number of fused-ring (bicyclic) bond motifs is 1. The fourth-order valence-corrected chi connectivity index (χ4v) is 2.45. The molecule has 2 rings (SSSR count). The summed E-state index contributed by atoms with van der Waals surface area (Å²) < 4.78 is 0. The van der Waals surface area contributed by atoms with Crippen LogP contribution >= 0.6 is 0 Å². The highest BCUT2D eigenvalue weighted by atomic mass is 14.6. The first-order valence-electron chi connectivity index (χ1n) is 4.23. The molecule has 0 radical (unpaired) electrons. The summed E-state index contributed by atoms with van der Waals surface area (Å²) in [6, 6.07) is 0. The Morgan fingerprint density at radius 3 is 2.22 bits per heavy atom. The third-order valence-corrected chi connectivity index (χ3v) is 3.43. The van der Waals surface area contributed by atoms with Crippen LogP contribution < -0.4 is 0 Å². The molecule has 0 amide bonds. The van der Waals surface area contributed by atoms with Gasteiger partial charge in [0.1, 0.15) is 0 Å². The fraction of sp³-hybridized carbons (Fsp3) is 1.00. The van der Waals surface area contributed by atoms with E-state index in [0.717, 1.165) is 17.3 Å². The molecule has 0 heteroatoms. The quantitative estimate of drug-likeness (QED) is 0.504. The van der Waals surface area contributed by atoms with Gasteiger partial charge < -0.3 is 0 Å². The van der Waals surface area contributed by atoms with Gasteiger partial charge in [-0.25, -0.2) is 0 Å². The van der Waals surface area contributed by atoms with E-state index in [9.17, 15) is 0 Å². The molecule has 2 unspecified atom stereocenters. The van der Waals surface area contributed by atoms with Crippen LogP contribution in [0.25, 0.3) is 0 Å². The molecular weight excluding hydrogens is 108 g/mol. The van der Waals surface area contributed by atoms with E-state index in [1.54, 1.807) is 6.42 Å². The summed E-state index contributed by atoms with van der Waals surface area (Å²) in [5, 5.41) is 0. The van der Waals surface area contributed by atoms with Crippen molar-refractivity contribution in [3.05, 3.63) is 0 Å². The zero-order valence-electron chi connectivity index (χ0n) is 6.48. The summed E-state index contributed by atoms with van der Waals surface area (Å²) >= 11 is 0. The average Bonchev–Trinajstić information content (AvgIpc) is 2.42. The summed E-state index contributed by atoms with van der Waals surface area (Å²) in [4.78, 5) is 0. The van der Waals surface area contributed by atoms with Gasteiger partial charge >= 0.3 is 0 Å². The van der Waals surface area contributed by atoms with E-state index in [0.29, 0.717) is 0 Å². The Bertz CT molecular complexity index is 116. The molecule has 0 aromatic carbocycles. The second-order valence-electron chi connectivity index (χ2n) is 4.33. The molecule has 2 aliphatic rings. The Balaban J connectivity index is 2.02. The highest BCUT2D eigenvalue weighted by Gasteiger charge is 2.50. The topological polar surface area (TPSA) is 0 Å². The van der Waals surface area contributed by atoms with Crippen LogP contribution in [-0.4, -0.2) is 0 Å². The SMILES string of the molecule is CCC1(C)CC2CC2C1. The minimum absolute atomic E-state index is 0.758. The van der Waals surface area contributed by atoms with E-state index in [1.165, 1.54) is 19.3 Å². The van der Waals surface area contributed by atoms with E-state index in [2.05, 4.69) is 13.8 Å². The van der Waals surface area contributed by atoms with Gasteiger partial charge in [0.05, 0.1) is 0 Å². The van der Waals surface area contributed by atoms with Crippen LogP contribution in [0, 0.1) is 17.3 Å². The largest absolute Gasteiger partial charge is 0.0649 e. The second-order valence-corrected chi connectivity index (χ2v) is 4.33. The first-order chi connectivity index (χ1) is 4.23. The standard InChI is InChI=1S/C9H16/c1-3-9(2)5-7-4-8(7)6-9/h7-8H,3-6H2,1-2H3. The van der Waals surface area contributed by atoms with E-state index in [4.69, 9.17) is 0 Å². The van der Waals surface area contributed by atoms with Crippen molar-refractivity contribution in [3.8, 4) is 0 Å². The van der Waals surface area contributed by atoms with Crippen LogP contribution in [0.1, 0.15) is 39.5 Å². The highest BCUT2D eigenvalue weighted by Crippen LogP contribution is 2.60. The Morgan fingerprint density at radius 1 is 1.33 bits per heavy atom. The van der Waals surface area contributed by atoms with Gasteiger partial charge in [-0.3, -0.25) is 0 Å². The van der Waals surface area contributed by atoms with Crippen LogP contribution in [0.2, 0.25) is 0 Å². The first-order valence-corrected chi connectivity index (χ1v) is 4.23. The van der Waals surface area contributed by atoms with Crippen molar-refractivity contribution in [2.45, 2.75) is 39.5 Å². The lowest BCUT2D eigenvalue weighted by atomic mass is 9.83. The summed E-state index contributed by atoms with van der Waals surface area (Å²) in [5.41, 5.74) is 0.758. The van der Waals surface area contributed by atoms with Gasteiger partial charge in [0.2, 0.25) is 0 Å². The molecule has 2 fully saturated rings. The van der Waals surface area contributed by atoms with E-state index in [-0.39, 0.29) is 0 Å². The van der Waals surface area contributed by atoms with Crippen LogP contribution in [0.15, 0.2) is 0 Å². The second kappa shape index (κ2) is 1.53. The van der Waals surface area contributed by atoms with Gasteiger partial charge in [-0.2, -0.15) is 0 Å². The zero-order valence-corrected chi connectivity index (χ0v) is 6.48. The van der Waals surface area contributed by atoms with Gasteiger partial charge in [0.15, 0.2) is 0 Å². The van der Waals surface area contributed by atoms with Crippen LogP contribution in [0.5, 0.6) is 0 Å². The monoisotopic (exact) mass is 124 g/mol. The van der Waals surface area contributed by atoms with Crippen molar-refractivity contribution in [2.75, 3.05) is 0 Å². The number of rotatable bonds is 1. The summed E-state index contributed by atoms with van der Waals surface area (Å²) in [6.07, 6.45) is 6.04. The lowest BCUT2D eigenvalue weighted by molar-refractivity contribution is 0.288. The molecule has 0 N–H and O–H groups in total. The van der Waals surface area contributed by atoms with Gasteiger partial charge in [0.25, 0.3) is 0 Å². The highest BCUT2D eigenvalue weighted by molar-refractivity contribution is 5.00. The van der Waals surface area contributed by atoms with Crippen molar-refractivity contribution >= 4 is 0 Å². The molecule has 0 nitrogen and oxygen atoms in total. The number of hydrogen-bond acceptors (Lipinski definition) is 0. The maximum absolute atomic E-state index is 2.46. The molecule has 0 heterocycles. The maximum Gasteiger partial charge on any atom is -0.0323 e. The maximum atomic E-state index is 2.46. The minimum atomic E-state index is 0.758. The van der Waals surface area contributed by atoms with Crippen molar-refractivity contribution in [1.29, 1.82) is 0 Å². The molecule has 0 aromatic rings. The molecule has 0 aliphatic heterocycles. The molecule has 2 atom stereocenters. The Kier molecular flexibility index (Phi) is 0.980. The summed E-state index contributed by atoms with van der Waals surface area (Å²) in [6.45, 7) is 4.80. The van der Waals surface area contributed by atoms with Crippen LogP contribution in [0.4, 0.5) is 0 Å². The summed E-state index contributed by atoms with van der Waals surface area (Å²) in [5.74, 6) is 2.32. The molecule has 2 saturated carbocycles. The first kappa shape index (κ1) is 5.76. The van der Waals surface area contributed by atoms with Crippen molar-refractivity contribution in [2.24, 2.45) is 17.3 Å². The van der Waals surface area contributed by atoms with Crippen LogP contribution in [0.3, 0.4) is 0 Å². The van der Waals surface area contributed by atoms with Gasteiger partial charge in [0, 0.05) is 0 Å². The lowest BCUT2D eigenvalue weighted by Crippen LogP contribution is -2.11. The predicted molar refractivity (Wildman–Crippen MR) is 39.2 cm³/mol. The molecule has 0 spiro atoms. The van der Waals surface area contributed by atoms with E-state index in [1.807, 2.05) is 0 Å². The summed E-state index contributed by atoms with van der Waals surface area (Å²) in [7, 11) is 0. The Labute approximate surface area is 57.6 Å². The molecule has 0 bridgehead atoms. The molecule has 52 valence electrons. The van der Waals surface area contributed by atoms with E-state index >= 15 is 0 Å². The third-order valence-electron chi connectivity index (χ3n) is 3.43.